The van der Waals surface area contributed by atoms with Gasteiger partial charge in [-0.3, -0.25) is 19.3 Å². The molecule has 4 rings (SSSR count). The first-order valence-electron chi connectivity index (χ1n) is 13.3. The smallest absolute Gasteiger partial charge is 0.245 e. The highest BCUT2D eigenvalue weighted by atomic mass is 16.2. The van der Waals surface area contributed by atoms with Gasteiger partial charge in [-0.1, -0.05) is 91.0 Å². The molecule has 1 aliphatic heterocycles. The quantitative estimate of drug-likeness (QED) is 0.447. The Bertz CT molecular complexity index is 1210. The maximum Gasteiger partial charge on any atom is 0.245 e. The number of likely N-dealkylation sites (N-methyl/N-ethyl adjacent to an activating group) is 1. The summed E-state index contributed by atoms with van der Waals surface area (Å²) in [6.45, 7) is 3.63. The minimum Gasteiger partial charge on any atom is -0.343 e. The summed E-state index contributed by atoms with van der Waals surface area (Å²) < 4.78 is 0. The summed E-state index contributed by atoms with van der Waals surface area (Å²) in [5.41, 5.74) is 2.58. The Kier molecular flexibility index (Phi) is 9.08. The van der Waals surface area contributed by atoms with E-state index in [0.717, 1.165) is 16.7 Å². The molecule has 1 N–H and O–H groups in total. The molecule has 1 atom stereocenters. The number of amides is 2. The number of carbonyl (C=O) groups is 3. The summed E-state index contributed by atoms with van der Waals surface area (Å²) in [6, 6.07) is 28.9. The first-order valence-corrected chi connectivity index (χ1v) is 13.3. The summed E-state index contributed by atoms with van der Waals surface area (Å²) in [5, 5.41) is 3.02. The number of Topliss-reactive ketones (excluding diaryl/α,β-unsaturated/α-hetero) is 1. The van der Waals surface area contributed by atoms with Gasteiger partial charge in [0.2, 0.25) is 11.8 Å². The Morgan fingerprint density at radius 3 is 1.92 bits per heavy atom. The van der Waals surface area contributed by atoms with E-state index >= 15 is 0 Å². The van der Waals surface area contributed by atoms with Crippen LogP contribution in [0.4, 0.5) is 0 Å². The van der Waals surface area contributed by atoms with Crippen molar-refractivity contribution in [2.24, 2.45) is 0 Å². The van der Waals surface area contributed by atoms with Crippen molar-refractivity contribution in [2.45, 2.75) is 44.2 Å². The molecule has 1 fully saturated rings. The van der Waals surface area contributed by atoms with E-state index in [4.69, 9.17) is 0 Å². The summed E-state index contributed by atoms with van der Waals surface area (Å²) in [4.78, 5) is 43.1. The lowest BCUT2D eigenvalue weighted by atomic mass is 9.70. The van der Waals surface area contributed by atoms with E-state index in [1.54, 1.807) is 18.9 Å². The fraction of sp³-hybridized carbons (Fsp3) is 0.344. The summed E-state index contributed by atoms with van der Waals surface area (Å²) in [5.74, 6) is -0.130. The second-order valence-electron chi connectivity index (χ2n) is 10.3. The molecule has 0 unspecified atom stereocenters. The van der Waals surface area contributed by atoms with Gasteiger partial charge in [-0.25, -0.2) is 0 Å². The topological polar surface area (TPSA) is 69.7 Å². The molecule has 0 spiro atoms. The number of nitrogens with one attached hydrogen (secondary N) is 1. The Hall–Kier alpha value is -3.77. The van der Waals surface area contributed by atoms with E-state index in [2.05, 4.69) is 10.2 Å². The van der Waals surface area contributed by atoms with Gasteiger partial charge < -0.3 is 10.2 Å². The lowest BCUT2D eigenvalue weighted by molar-refractivity contribution is -0.136. The zero-order valence-electron chi connectivity index (χ0n) is 22.3. The zero-order valence-corrected chi connectivity index (χ0v) is 22.3. The lowest BCUT2D eigenvalue weighted by Crippen LogP contribution is -2.53. The number of ketones is 1. The van der Waals surface area contributed by atoms with Crippen LogP contribution in [0.3, 0.4) is 0 Å². The van der Waals surface area contributed by atoms with Crippen LogP contribution in [0.15, 0.2) is 91.0 Å². The van der Waals surface area contributed by atoms with Crippen molar-refractivity contribution in [3.63, 3.8) is 0 Å². The number of carbonyl (C=O) groups excluding carboxylic acids is 3. The van der Waals surface area contributed by atoms with Gasteiger partial charge in [-0.05, 0) is 49.5 Å². The number of piperidine rings is 1. The number of hydrogen-bond donors (Lipinski definition) is 1. The van der Waals surface area contributed by atoms with Gasteiger partial charge in [0.1, 0.15) is 11.8 Å². The van der Waals surface area contributed by atoms with Gasteiger partial charge in [0.05, 0.1) is 12.0 Å². The Labute approximate surface area is 225 Å². The van der Waals surface area contributed by atoms with Crippen LogP contribution >= 0.6 is 0 Å². The third-order valence-electron chi connectivity index (χ3n) is 7.63. The molecular formula is C32H37N3O3. The molecule has 2 amide bonds. The highest BCUT2D eigenvalue weighted by molar-refractivity contribution is 5.89. The van der Waals surface area contributed by atoms with E-state index in [-0.39, 0.29) is 24.1 Å². The molecule has 198 valence electrons. The molecule has 6 nitrogen and oxygen atoms in total. The van der Waals surface area contributed by atoms with E-state index < -0.39 is 11.5 Å². The second-order valence-corrected chi connectivity index (χ2v) is 10.3. The summed E-state index contributed by atoms with van der Waals surface area (Å²) in [6.07, 6.45) is 1.77. The molecule has 0 saturated carbocycles. The second kappa shape index (κ2) is 12.7. The third kappa shape index (κ3) is 6.75. The number of nitrogens with zero attached hydrogens (tertiary/aromatic N) is 2. The minimum atomic E-state index is -0.663. The monoisotopic (exact) mass is 511 g/mol. The van der Waals surface area contributed by atoms with Gasteiger partial charge in [0.25, 0.3) is 0 Å². The van der Waals surface area contributed by atoms with Gasteiger partial charge in [-0.2, -0.15) is 0 Å². The molecule has 1 aliphatic rings. The van der Waals surface area contributed by atoms with E-state index in [9.17, 15) is 14.4 Å². The van der Waals surface area contributed by atoms with Gasteiger partial charge in [-0.15, -0.1) is 0 Å². The van der Waals surface area contributed by atoms with E-state index in [1.165, 1.54) is 0 Å². The minimum absolute atomic E-state index is 0.121. The number of benzene rings is 3. The van der Waals surface area contributed by atoms with Gasteiger partial charge >= 0.3 is 0 Å². The zero-order chi connectivity index (χ0) is 27.0. The van der Waals surface area contributed by atoms with Crippen LogP contribution in [0.2, 0.25) is 0 Å². The molecule has 3 aromatic carbocycles. The first-order chi connectivity index (χ1) is 18.4. The largest absolute Gasteiger partial charge is 0.343 e. The average Bonchev–Trinajstić information content (AvgIpc) is 2.94. The fourth-order valence-electron chi connectivity index (χ4n) is 5.39. The highest BCUT2D eigenvalue weighted by Gasteiger charge is 2.40. The summed E-state index contributed by atoms with van der Waals surface area (Å²) in [7, 11) is 1.77. The van der Waals surface area contributed by atoms with Crippen molar-refractivity contribution >= 4 is 17.6 Å². The number of rotatable bonds is 10. The summed E-state index contributed by atoms with van der Waals surface area (Å²) >= 11 is 0. The van der Waals surface area contributed by atoms with E-state index in [1.807, 2.05) is 91.0 Å². The van der Waals surface area contributed by atoms with Crippen LogP contribution < -0.4 is 5.32 Å². The highest BCUT2D eigenvalue weighted by Crippen LogP contribution is 2.36. The maximum absolute atomic E-state index is 13.5. The predicted molar refractivity (Wildman–Crippen MR) is 149 cm³/mol. The van der Waals surface area contributed by atoms with Crippen molar-refractivity contribution in [2.75, 3.05) is 26.7 Å². The van der Waals surface area contributed by atoms with Crippen molar-refractivity contribution < 1.29 is 14.4 Å². The SMILES string of the molecule is CC(=O)C1(c2ccccc2)CCN(CC(=O)N[C@@H](Cc2ccccc2)C(=O)N(C)Cc2ccccc2)CC1. The number of hydrogen-bond acceptors (Lipinski definition) is 4. The number of likely N-dealkylation sites (tertiary alicyclic amines) is 1. The van der Waals surface area contributed by atoms with Gasteiger partial charge in [0.15, 0.2) is 0 Å². The molecule has 0 aromatic heterocycles. The van der Waals surface area contributed by atoms with Crippen molar-refractivity contribution in [3.05, 3.63) is 108 Å². The standard InChI is InChI=1S/C32H37N3O3/c1-25(36)32(28-16-10-5-11-17-28)18-20-35(21-19-32)24-30(37)33-29(22-26-12-6-3-7-13-26)31(38)34(2)23-27-14-8-4-9-15-27/h3-17,29H,18-24H2,1-2H3,(H,33,37)/t29-/m0/s1. The average molecular weight is 512 g/mol. The normalized spacial score (nSPS) is 15.8. The Morgan fingerprint density at radius 2 is 1.37 bits per heavy atom. The van der Waals surface area contributed by atoms with Gasteiger partial charge in [0, 0.05) is 20.0 Å². The van der Waals surface area contributed by atoms with Crippen LogP contribution in [0.25, 0.3) is 0 Å². The molecule has 3 aromatic rings. The molecule has 0 aliphatic carbocycles. The Balaban J connectivity index is 1.40. The third-order valence-corrected chi connectivity index (χ3v) is 7.63. The van der Waals surface area contributed by atoms with Crippen LogP contribution in [0.5, 0.6) is 0 Å². The van der Waals surface area contributed by atoms with Crippen LogP contribution in [-0.4, -0.2) is 60.1 Å². The molecule has 0 radical (unpaired) electrons. The predicted octanol–water partition coefficient (Wildman–Crippen LogP) is 4.00. The fourth-order valence-corrected chi connectivity index (χ4v) is 5.39. The first kappa shape index (κ1) is 27.3. The molecule has 1 heterocycles. The van der Waals surface area contributed by atoms with Crippen LogP contribution in [0, 0.1) is 0 Å². The van der Waals surface area contributed by atoms with Crippen LogP contribution in [-0.2, 0) is 32.8 Å². The van der Waals surface area contributed by atoms with E-state index in [0.29, 0.717) is 38.9 Å². The molecule has 38 heavy (non-hydrogen) atoms. The lowest BCUT2D eigenvalue weighted by Gasteiger charge is -2.40. The van der Waals surface area contributed by atoms with Crippen molar-refractivity contribution in [3.8, 4) is 0 Å². The maximum atomic E-state index is 13.5. The van der Waals surface area contributed by atoms with Crippen LogP contribution in [0.1, 0.15) is 36.5 Å². The molecular weight excluding hydrogens is 474 g/mol. The van der Waals surface area contributed by atoms with Crippen molar-refractivity contribution in [1.29, 1.82) is 0 Å². The molecule has 1 saturated heterocycles. The van der Waals surface area contributed by atoms with Crippen molar-refractivity contribution in [1.82, 2.24) is 15.1 Å². The molecule has 6 heteroatoms. The Morgan fingerprint density at radius 1 is 0.842 bits per heavy atom. The molecule has 0 bridgehead atoms.